The number of methoxy groups -OCH3 is 2. The minimum Gasteiger partial charge on any atom is -0.493 e. The van der Waals surface area contributed by atoms with E-state index in [1.165, 1.54) is 12.0 Å². The van der Waals surface area contributed by atoms with Crippen LogP contribution < -0.4 is 15.2 Å². The van der Waals surface area contributed by atoms with Crippen LogP contribution in [0.4, 0.5) is 0 Å². The van der Waals surface area contributed by atoms with Gasteiger partial charge in [0.05, 0.1) is 14.2 Å². The monoisotopic (exact) mass is 292 g/mol. The van der Waals surface area contributed by atoms with Crippen LogP contribution in [-0.2, 0) is 0 Å². The fourth-order valence-electron chi connectivity index (χ4n) is 3.16. The Morgan fingerprint density at radius 1 is 1.29 bits per heavy atom. The highest BCUT2D eigenvalue weighted by Gasteiger charge is 2.28. The van der Waals surface area contributed by atoms with Crippen molar-refractivity contribution in [3.8, 4) is 11.5 Å². The Bertz CT molecular complexity index is 464. The van der Waals surface area contributed by atoms with Gasteiger partial charge in [0.1, 0.15) is 0 Å². The molecule has 4 nitrogen and oxygen atoms in total. The highest BCUT2D eigenvalue weighted by molar-refractivity contribution is 5.43. The molecule has 1 saturated heterocycles. The molecule has 0 radical (unpaired) electrons. The zero-order valence-corrected chi connectivity index (χ0v) is 13.6. The first kappa shape index (κ1) is 16.1. The third-order valence-electron chi connectivity index (χ3n) is 4.89. The normalized spacial score (nSPS) is 24.6. The number of hydrogen-bond donors (Lipinski definition) is 1. The van der Waals surface area contributed by atoms with Gasteiger partial charge in [-0.15, -0.1) is 0 Å². The minimum atomic E-state index is 0.367. The lowest BCUT2D eigenvalue weighted by Gasteiger charge is -2.40. The van der Waals surface area contributed by atoms with Crippen molar-refractivity contribution in [2.75, 3.05) is 33.9 Å². The molecule has 2 rings (SSSR count). The van der Waals surface area contributed by atoms with Crippen molar-refractivity contribution in [1.82, 2.24) is 4.90 Å². The summed E-state index contributed by atoms with van der Waals surface area (Å²) in [5.74, 6) is 2.90. The predicted octanol–water partition coefficient (Wildman–Crippen LogP) is 2.68. The van der Waals surface area contributed by atoms with Crippen LogP contribution in [0.2, 0.25) is 0 Å². The molecule has 1 fully saturated rings. The van der Waals surface area contributed by atoms with E-state index in [1.807, 2.05) is 6.07 Å². The SMILES string of the molecule is COc1ccc(C(C)N2CCC(C)C(CN)C2)cc1OC. The minimum absolute atomic E-state index is 0.367. The Morgan fingerprint density at radius 3 is 2.62 bits per heavy atom. The van der Waals surface area contributed by atoms with E-state index in [0.29, 0.717) is 12.0 Å². The molecule has 1 heterocycles. The van der Waals surface area contributed by atoms with Crippen LogP contribution in [0.1, 0.15) is 31.9 Å². The van der Waals surface area contributed by atoms with Crippen LogP contribution in [0.3, 0.4) is 0 Å². The van der Waals surface area contributed by atoms with E-state index in [0.717, 1.165) is 37.1 Å². The van der Waals surface area contributed by atoms with Crippen LogP contribution >= 0.6 is 0 Å². The molecule has 0 spiro atoms. The molecule has 0 amide bonds. The Morgan fingerprint density at radius 2 is 2.00 bits per heavy atom. The molecule has 1 aliphatic heterocycles. The fraction of sp³-hybridized carbons (Fsp3) is 0.647. The summed E-state index contributed by atoms with van der Waals surface area (Å²) >= 11 is 0. The molecule has 1 aromatic carbocycles. The number of ether oxygens (including phenoxy) is 2. The number of nitrogens with two attached hydrogens (primary N) is 1. The van der Waals surface area contributed by atoms with Gasteiger partial charge in [-0.25, -0.2) is 0 Å². The second-order valence-corrected chi connectivity index (χ2v) is 6.05. The van der Waals surface area contributed by atoms with E-state index in [-0.39, 0.29) is 0 Å². The van der Waals surface area contributed by atoms with Gasteiger partial charge in [-0.05, 0) is 56.0 Å². The van der Waals surface area contributed by atoms with Crippen molar-refractivity contribution in [3.05, 3.63) is 23.8 Å². The average Bonchev–Trinajstić information content (AvgIpc) is 2.53. The van der Waals surface area contributed by atoms with E-state index >= 15 is 0 Å². The third kappa shape index (κ3) is 3.50. The molecule has 3 unspecified atom stereocenters. The number of nitrogens with zero attached hydrogens (tertiary/aromatic N) is 1. The van der Waals surface area contributed by atoms with Crippen LogP contribution in [0.5, 0.6) is 11.5 Å². The Kier molecular flexibility index (Phi) is 5.48. The molecule has 1 aromatic rings. The maximum absolute atomic E-state index is 5.92. The standard InChI is InChI=1S/C17H28N2O2/c1-12-7-8-19(11-15(12)10-18)13(2)14-5-6-16(20-3)17(9-14)21-4/h5-6,9,12-13,15H,7-8,10-11,18H2,1-4H3. The van der Waals surface area contributed by atoms with Crippen molar-refractivity contribution in [2.24, 2.45) is 17.6 Å². The predicted molar refractivity (Wildman–Crippen MR) is 85.9 cm³/mol. The first-order valence-electron chi connectivity index (χ1n) is 7.76. The van der Waals surface area contributed by atoms with Gasteiger partial charge >= 0.3 is 0 Å². The Labute approximate surface area is 128 Å². The highest BCUT2D eigenvalue weighted by Crippen LogP contribution is 2.34. The summed E-state index contributed by atoms with van der Waals surface area (Å²) in [4.78, 5) is 2.53. The van der Waals surface area contributed by atoms with Gasteiger partial charge in [0, 0.05) is 12.6 Å². The lowest BCUT2D eigenvalue weighted by Crippen LogP contribution is -2.43. The fourth-order valence-corrected chi connectivity index (χ4v) is 3.16. The third-order valence-corrected chi connectivity index (χ3v) is 4.89. The van der Waals surface area contributed by atoms with E-state index in [4.69, 9.17) is 15.2 Å². The Hall–Kier alpha value is -1.26. The molecule has 0 saturated carbocycles. The molecule has 0 bridgehead atoms. The summed E-state index contributed by atoms with van der Waals surface area (Å²) in [5, 5.41) is 0. The van der Waals surface area contributed by atoms with Gasteiger partial charge < -0.3 is 15.2 Å². The number of piperidine rings is 1. The van der Waals surface area contributed by atoms with Crippen molar-refractivity contribution >= 4 is 0 Å². The summed E-state index contributed by atoms with van der Waals surface area (Å²) in [6.07, 6.45) is 1.22. The maximum Gasteiger partial charge on any atom is 0.161 e. The molecule has 3 atom stereocenters. The highest BCUT2D eigenvalue weighted by atomic mass is 16.5. The van der Waals surface area contributed by atoms with Crippen LogP contribution in [0, 0.1) is 11.8 Å². The molecule has 118 valence electrons. The maximum atomic E-state index is 5.92. The lowest BCUT2D eigenvalue weighted by molar-refractivity contribution is 0.0977. The van der Waals surface area contributed by atoms with Crippen molar-refractivity contribution in [2.45, 2.75) is 26.3 Å². The van der Waals surface area contributed by atoms with Gasteiger partial charge in [0.15, 0.2) is 11.5 Å². The summed E-state index contributed by atoms with van der Waals surface area (Å²) in [6.45, 7) is 7.55. The van der Waals surface area contributed by atoms with Crippen molar-refractivity contribution in [1.29, 1.82) is 0 Å². The van der Waals surface area contributed by atoms with E-state index < -0.39 is 0 Å². The molecule has 4 heteroatoms. The van der Waals surface area contributed by atoms with E-state index in [9.17, 15) is 0 Å². The summed E-state index contributed by atoms with van der Waals surface area (Å²) in [6, 6.07) is 6.56. The zero-order chi connectivity index (χ0) is 15.4. The van der Waals surface area contributed by atoms with Crippen molar-refractivity contribution in [3.63, 3.8) is 0 Å². The quantitative estimate of drug-likeness (QED) is 0.906. The van der Waals surface area contributed by atoms with Crippen molar-refractivity contribution < 1.29 is 9.47 Å². The smallest absolute Gasteiger partial charge is 0.161 e. The zero-order valence-electron chi connectivity index (χ0n) is 13.6. The number of benzene rings is 1. The average molecular weight is 292 g/mol. The second-order valence-electron chi connectivity index (χ2n) is 6.05. The van der Waals surface area contributed by atoms with Gasteiger partial charge in [-0.1, -0.05) is 13.0 Å². The number of hydrogen-bond acceptors (Lipinski definition) is 4. The topological polar surface area (TPSA) is 47.7 Å². The number of likely N-dealkylation sites (tertiary alicyclic amines) is 1. The van der Waals surface area contributed by atoms with Gasteiger partial charge in [-0.3, -0.25) is 4.90 Å². The number of rotatable bonds is 5. The van der Waals surface area contributed by atoms with Crippen LogP contribution in [0.25, 0.3) is 0 Å². The van der Waals surface area contributed by atoms with Gasteiger partial charge in [0.2, 0.25) is 0 Å². The largest absolute Gasteiger partial charge is 0.493 e. The second kappa shape index (κ2) is 7.14. The molecule has 21 heavy (non-hydrogen) atoms. The molecular formula is C17H28N2O2. The Balaban J connectivity index is 2.14. The van der Waals surface area contributed by atoms with E-state index in [1.54, 1.807) is 14.2 Å². The van der Waals surface area contributed by atoms with Crippen LogP contribution in [-0.4, -0.2) is 38.8 Å². The van der Waals surface area contributed by atoms with Gasteiger partial charge in [-0.2, -0.15) is 0 Å². The summed E-state index contributed by atoms with van der Waals surface area (Å²) in [5.41, 5.74) is 7.18. The molecule has 1 aliphatic rings. The van der Waals surface area contributed by atoms with Crippen LogP contribution in [0.15, 0.2) is 18.2 Å². The van der Waals surface area contributed by atoms with Gasteiger partial charge in [0.25, 0.3) is 0 Å². The van der Waals surface area contributed by atoms with E-state index in [2.05, 4.69) is 30.9 Å². The first-order valence-corrected chi connectivity index (χ1v) is 7.76. The molecule has 0 aliphatic carbocycles. The summed E-state index contributed by atoms with van der Waals surface area (Å²) in [7, 11) is 3.35. The lowest BCUT2D eigenvalue weighted by atomic mass is 9.86. The molecule has 2 N–H and O–H groups in total. The molecule has 0 aromatic heterocycles. The molecular weight excluding hydrogens is 264 g/mol. The first-order chi connectivity index (χ1) is 10.1. The summed E-state index contributed by atoms with van der Waals surface area (Å²) < 4.78 is 10.7.